The number of benzene rings is 1. The molecule has 0 spiro atoms. The van der Waals surface area contributed by atoms with Gasteiger partial charge in [0.05, 0.1) is 13.5 Å². The highest BCUT2D eigenvalue weighted by molar-refractivity contribution is 5.90. The second-order valence-corrected chi connectivity index (χ2v) is 7.24. The molecule has 0 saturated carbocycles. The fourth-order valence-corrected chi connectivity index (χ4v) is 2.96. The molecule has 1 atom stereocenters. The number of carbonyl (C=O) groups excluding carboxylic acids is 3. The lowest BCUT2D eigenvalue weighted by Gasteiger charge is -2.37. The first-order chi connectivity index (χ1) is 13.2. The Morgan fingerprint density at radius 3 is 2.14 bits per heavy atom. The monoisotopic (exact) mass is 391 g/mol. The van der Waals surface area contributed by atoms with E-state index in [9.17, 15) is 14.4 Å². The van der Waals surface area contributed by atoms with Crippen LogP contribution in [-0.4, -0.2) is 59.5 Å². The Labute approximate surface area is 168 Å². The number of hydrogen-bond acceptors (Lipinski definition) is 4. The second-order valence-electron chi connectivity index (χ2n) is 7.24. The molecule has 0 fully saturated rings. The van der Waals surface area contributed by atoms with Crippen molar-refractivity contribution in [3.05, 3.63) is 35.9 Å². The molecular formula is C21H33N3O4. The highest BCUT2D eigenvalue weighted by atomic mass is 16.5. The van der Waals surface area contributed by atoms with E-state index in [-0.39, 0.29) is 30.4 Å². The van der Waals surface area contributed by atoms with Crippen LogP contribution in [0.5, 0.6) is 0 Å². The normalized spacial score (nSPS) is 11.9. The highest BCUT2D eigenvalue weighted by Crippen LogP contribution is 2.16. The van der Waals surface area contributed by atoms with Crippen LogP contribution in [0.2, 0.25) is 0 Å². The van der Waals surface area contributed by atoms with Crippen molar-refractivity contribution in [2.75, 3.05) is 13.7 Å². The summed E-state index contributed by atoms with van der Waals surface area (Å²) in [5, 5.41) is 2.82. The zero-order valence-corrected chi connectivity index (χ0v) is 17.8. The molecule has 1 rings (SSSR count). The SMILES string of the molecule is CCN(Cc1ccccc1)C(=O)C(CC(=O)OC)N(C(=O)NC(C)C)C(C)C. The largest absolute Gasteiger partial charge is 0.469 e. The minimum atomic E-state index is -0.935. The van der Waals surface area contributed by atoms with E-state index in [1.54, 1.807) is 4.90 Å². The lowest BCUT2D eigenvalue weighted by molar-refractivity contribution is -0.147. The quantitative estimate of drug-likeness (QED) is 0.657. The molecule has 1 aromatic rings. The first-order valence-electron chi connectivity index (χ1n) is 9.69. The summed E-state index contributed by atoms with van der Waals surface area (Å²) < 4.78 is 4.79. The summed E-state index contributed by atoms with van der Waals surface area (Å²) in [5.74, 6) is -0.804. The third-order valence-electron chi connectivity index (χ3n) is 4.32. The summed E-state index contributed by atoms with van der Waals surface area (Å²) in [4.78, 5) is 41.2. The molecule has 0 radical (unpaired) electrons. The first kappa shape index (κ1) is 23.5. The van der Waals surface area contributed by atoms with E-state index in [0.29, 0.717) is 13.1 Å². The number of carbonyl (C=O) groups is 3. The van der Waals surface area contributed by atoms with E-state index in [4.69, 9.17) is 4.74 Å². The maximum absolute atomic E-state index is 13.4. The molecule has 0 bridgehead atoms. The van der Waals surface area contributed by atoms with Crippen LogP contribution in [0.1, 0.15) is 46.6 Å². The second kappa shape index (κ2) is 11.3. The first-order valence-corrected chi connectivity index (χ1v) is 9.69. The van der Waals surface area contributed by atoms with Crippen LogP contribution in [-0.2, 0) is 20.9 Å². The Hall–Kier alpha value is -2.57. The van der Waals surface area contributed by atoms with Gasteiger partial charge in [-0.25, -0.2) is 4.79 Å². The molecule has 1 unspecified atom stereocenters. The van der Waals surface area contributed by atoms with Gasteiger partial charge in [-0.15, -0.1) is 0 Å². The summed E-state index contributed by atoms with van der Waals surface area (Å²) in [7, 11) is 1.28. The van der Waals surface area contributed by atoms with Crippen LogP contribution in [0.15, 0.2) is 30.3 Å². The molecule has 0 aliphatic heterocycles. The fraction of sp³-hybridized carbons (Fsp3) is 0.571. The van der Waals surface area contributed by atoms with Crippen molar-refractivity contribution in [1.29, 1.82) is 0 Å². The van der Waals surface area contributed by atoms with Gasteiger partial charge >= 0.3 is 12.0 Å². The number of urea groups is 1. The summed E-state index contributed by atoms with van der Waals surface area (Å²) in [6.45, 7) is 10.1. The summed E-state index contributed by atoms with van der Waals surface area (Å²) in [6.07, 6.45) is -0.190. The van der Waals surface area contributed by atoms with Crippen molar-refractivity contribution in [2.24, 2.45) is 0 Å². The van der Waals surface area contributed by atoms with E-state index in [0.717, 1.165) is 5.56 Å². The van der Waals surface area contributed by atoms with Crippen molar-refractivity contribution in [3.8, 4) is 0 Å². The molecule has 1 aromatic carbocycles. The van der Waals surface area contributed by atoms with Crippen molar-refractivity contribution in [1.82, 2.24) is 15.1 Å². The predicted molar refractivity (Wildman–Crippen MR) is 109 cm³/mol. The minimum absolute atomic E-state index is 0.0887. The smallest absolute Gasteiger partial charge is 0.318 e. The summed E-state index contributed by atoms with van der Waals surface area (Å²) in [5.41, 5.74) is 0.984. The Bertz CT molecular complexity index is 646. The van der Waals surface area contributed by atoms with Crippen LogP contribution in [0, 0.1) is 0 Å². The number of rotatable bonds is 9. The average Bonchev–Trinajstić information content (AvgIpc) is 2.64. The number of likely N-dealkylation sites (N-methyl/N-ethyl adjacent to an activating group) is 1. The number of methoxy groups -OCH3 is 1. The van der Waals surface area contributed by atoms with Gasteiger partial charge in [-0.05, 0) is 40.2 Å². The fourth-order valence-electron chi connectivity index (χ4n) is 2.96. The predicted octanol–water partition coefficient (Wildman–Crippen LogP) is 2.80. The molecule has 1 N–H and O–H groups in total. The Morgan fingerprint density at radius 2 is 1.68 bits per heavy atom. The Morgan fingerprint density at radius 1 is 1.07 bits per heavy atom. The van der Waals surface area contributed by atoms with Crippen molar-refractivity contribution < 1.29 is 19.1 Å². The topological polar surface area (TPSA) is 79.0 Å². The molecular weight excluding hydrogens is 358 g/mol. The number of nitrogens with zero attached hydrogens (tertiary/aromatic N) is 2. The number of ether oxygens (including phenoxy) is 1. The van der Waals surface area contributed by atoms with Gasteiger partial charge in [0.25, 0.3) is 0 Å². The van der Waals surface area contributed by atoms with Crippen LogP contribution < -0.4 is 5.32 Å². The van der Waals surface area contributed by atoms with Gasteiger partial charge in [-0.2, -0.15) is 0 Å². The Kier molecular flexibility index (Phi) is 9.48. The number of nitrogens with one attached hydrogen (secondary N) is 1. The Balaban J connectivity index is 3.18. The standard InChI is InChI=1S/C21H33N3O4/c1-7-23(14-17-11-9-8-10-12-17)20(26)18(13-19(25)28-6)24(16(4)5)21(27)22-15(2)3/h8-12,15-16,18H,7,13-14H2,1-6H3,(H,22,27). The van der Waals surface area contributed by atoms with Gasteiger partial charge in [-0.1, -0.05) is 30.3 Å². The van der Waals surface area contributed by atoms with Crippen LogP contribution >= 0.6 is 0 Å². The van der Waals surface area contributed by atoms with E-state index in [2.05, 4.69) is 5.32 Å². The van der Waals surface area contributed by atoms with Gasteiger partial charge in [0.15, 0.2) is 0 Å². The molecule has 156 valence electrons. The zero-order valence-electron chi connectivity index (χ0n) is 17.8. The van der Waals surface area contributed by atoms with Crippen molar-refractivity contribution in [3.63, 3.8) is 0 Å². The van der Waals surface area contributed by atoms with Gasteiger partial charge in [0.2, 0.25) is 5.91 Å². The third kappa shape index (κ3) is 6.87. The average molecular weight is 392 g/mol. The maximum Gasteiger partial charge on any atom is 0.318 e. The van der Waals surface area contributed by atoms with Crippen LogP contribution in [0.3, 0.4) is 0 Å². The molecule has 7 heteroatoms. The molecule has 28 heavy (non-hydrogen) atoms. The summed E-state index contributed by atoms with van der Waals surface area (Å²) in [6, 6.07) is 7.96. The van der Waals surface area contributed by atoms with Gasteiger partial charge in [0.1, 0.15) is 6.04 Å². The number of hydrogen-bond donors (Lipinski definition) is 1. The van der Waals surface area contributed by atoms with Crippen molar-refractivity contribution in [2.45, 2.75) is 65.7 Å². The number of amides is 3. The third-order valence-corrected chi connectivity index (χ3v) is 4.32. The molecule has 7 nitrogen and oxygen atoms in total. The van der Waals surface area contributed by atoms with E-state index >= 15 is 0 Å². The maximum atomic E-state index is 13.4. The van der Waals surface area contributed by atoms with E-state index in [1.807, 2.05) is 65.0 Å². The lowest BCUT2D eigenvalue weighted by Crippen LogP contribution is -2.57. The highest BCUT2D eigenvalue weighted by Gasteiger charge is 2.36. The molecule has 0 aliphatic rings. The van der Waals surface area contributed by atoms with E-state index in [1.165, 1.54) is 12.0 Å². The van der Waals surface area contributed by atoms with Gasteiger partial charge in [0, 0.05) is 25.2 Å². The van der Waals surface area contributed by atoms with Crippen molar-refractivity contribution >= 4 is 17.9 Å². The molecule has 0 saturated heterocycles. The number of esters is 1. The van der Waals surface area contributed by atoms with Crippen LogP contribution in [0.4, 0.5) is 4.79 Å². The molecule has 0 heterocycles. The van der Waals surface area contributed by atoms with Crippen LogP contribution in [0.25, 0.3) is 0 Å². The molecule has 0 aromatic heterocycles. The van der Waals surface area contributed by atoms with Gasteiger partial charge in [-0.3, -0.25) is 9.59 Å². The summed E-state index contributed by atoms with van der Waals surface area (Å²) >= 11 is 0. The molecule has 3 amide bonds. The lowest BCUT2D eigenvalue weighted by atomic mass is 10.1. The van der Waals surface area contributed by atoms with Gasteiger partial charge < -0.3 is 19.9 Å². The zero-order chi connectivity index (χ0) is 21.3. The minimum Gasteiger partial charge on any atom is -0.469 e. The molecule has 0 aliphatic carbocycles. The van der Waals surface area contributed by atoms with E-state index < -0.39 is 12.0 Å².